The number of halogens is 1. The first-order chi connectivity index (χ1) is 6.18. The van der Waals surface area contributed by atoms with Crippen molar-refractivity contribution in [2.24, 2.45) is 0 Å². The van der Waals surface area contributed by atoms with E-state index < -0.39 is 6.10 Å². The summed E-state index contributed by atoms with van der Waals surface area (Å²) in [5, 5.41) is 17.3. The molecular formula is C9H9BrN2O. The maximum Gasteiger partial charge on any atom is 0.0983 e. The van der Waals surface area contributed by atoms with Crippen LogP contribution in [-0.2, 0) is 0 Å². The molecule has 0 bridgehead atoms. The molecule has 1 atom stereocenters. The number of benzene rings is 1. The van der Waals surface area contributed by atoms with Gasteiger partial charge in [-0.3, -0.25) is 5.10 Å². The summed E-state index contributed by atoms with van der Waals surface area (Å²) in [4.78, 5) is 0. The molecule has 1 heterocycles. The number of aromatic nitrogens is 2. The molecule has 0 aliphatic heterocycles. The number of fused-ring (bicyclic) bond motifs is 1. The van der Waals surface area contributed by atoms with Crippen LogP contribution >= 0.6 is 15.9 Å². The van der Waals surface area contributed by atoms with Crippen LogP contribution in [0.25, 0.3) is 10.9 Å². The highest BCUT2D eigenvalue weighted by Gasteiger charge is 2.09. The van der Waals surface area contributed by atoms with Crippen molar-refractivity contribution >= 4 is 26.8 Å². The van der Waals surface area contributed by atoms with Crippen LogP contribution in [0, 0.1) is 0 Å². The van der Waals surface area contributed by atoms with Crippen molar-refractivity contribution in [3.63, 3.8) is 0 Å². The Morgan fingerprint density at radius 1 is 1.54 bits per heavy atom. The van der Waals surface area contributed by atoms with Gasteiger partial charge in [0.05, 0.1) is 17.3 Å². The maximum absolute atomic E-state index is 9.40. The zero-order chi connectivity index (χ0) is 9.42. The van der Waals surface area contributed by atoms with E-state index in [1.54, 1.807) is 6.92 Å². The Labute approximate surface area is 83.9 Å². The summed E-state index contributed by atoms with van der Waals surface area (Å²) in [6.45, 7) is 1.70. The van der Waals surface area contributed by atoms with Gasteiger partial charge in [-0.2, -0.15) is 5.10 Å². The first-order valence-corrected chi connectivity index (χ1v) is 4.79. The zero-order valence-corrected chi connectivity index (χ0v) is 8.67. The molecule has 2 rings (SSSR count). The van der Waals surface area contributed by atoms with Crippen LogP contribution in [0.3, 0.4) is 0 Å². The number of nitrogens with zero attached hydrogens (tertiary/aromatic N) is 1. The van der Waals surface area contributed by atoms with Gasteiger partial charge in [-0.25, -0.2) is 0 Å². The first-order valence-electron chi connectivity index (χ1n) is 4.00. The van der Waals surface area contributed by atoms with E-state index in [-0.39, 0.29) is 0 Å². The average molecular weight is 241 g/mol. The van der Waals surface area contributed by atoms with Crippen molar-refractivity contribution in [3.8, 4) is 0 Å². The van der Waals surface area contributed by atoms with Crippen LogP contribution in [0.5, 0.6) is 0 Å². The molecule has 0 aliphatic carbocycles. The lowest BCUT2D eigenvalue weighted by molar-refractivity contribution is 0.195. The number of hydrogen-bond acceptors (Lipinski definition) is 2. The molecule has 4 heteroatoms. The van der Waals surface area contributed by atoms with E-state index in [1.807, 2.05) is 18.2 Å². The molecule has 0 amide bonds. The largest absolute Gasteiger partial charge is 0.387 e. The van der Waals surface area contributed by atoms with E-state index in [9.17, 15) is 5.11 Å². The molecule has 1 unspecified atom stereocenters. The fraction of sp³-hybridized carbons (Fsp3) is 0.222. The van der Waals surface area contributed by atoms with Crippen molar-refractivity contribution in [3.05, 3.63) is 28.4 Å². The van der Waals surface area contributed by atoms with E-state index in [4.69, 9.17) is 0 Å². The standard InChI is InChI=1S/C9H9BrN2O/c1-5(13)9-7-4-6(10)2-3-8(7)11-12-9/h2-5,13H,1H3,(H,11,12). The molecule has 0 fully saturated rings. The second-order valence-electron chi connectivity index (χ2n) is 2.97. The summed E-state index contributed by atoms with van der Waals surface area (Å²) in [5.74, 6) is 0. The fourth-order valence-electron chi connectivity index (χ4n) is 1.33. The third kappa shape index (κ3) is 1.47. The number of aliphatic hydroxyl groups excluding tert-OH is 1. The molecule has 0 aliphatic rings. The molecule has 0 spiro atoms. The monoisotopic (exact) mass is 240 g/mol. The predicted molar refractivity (Wildman–Crippen MR) is 54.4 cm³/mol. The molecule has 2 N–H and O–H groups in total. The molecular weight excluding hydrogens is 232 g/mol. The molecule has 0 saturated carbocycles. The van der Waals surface area contributed by atoms with E-state index in [0.29, 0.717) is 5.69 Å². The van der Waals surface area contributed by atoms with E-state index in [1.165, 1.54) is 0 Å². The van der Waals surface area contributed by atoms with Gasteiger partial charge in [0.2, 0.25) is 0 Å². The Morgan fingerprint density at radius 3 is 3.00 bits per heavy atom. The minimum absolute atomic E-state index is 0.539. The van der Waals surface area contributed by atoms with Gasteiger partial charge < -0.3 is 5.11 Å². The van der Waals surface area contributed by atoms with Gasteiger partial charge in [0.15, 0.2) is 0 Å². The quantitative estimate of drug-likeness (QED) is 0.805. The molecule has 1 aromatic heterocycles. The molecule has 2 aromatic rings. The van der Waals surface area contributed by atoms with Crippen LogP contribution in [0.4, 0.5) is 0 Å². The Hall–Kier alpha value is -0.870. The van der Waals surface area contributed by atoms with Crippen molar-refractivity contribution < 1.29 is 5.11 Å². The fourth-order valence-corrected chi connectivity index (χ4v) is 1.69. The van der Waals surface area contributed by atoms with Crippen LogP contribution in [0.2, 0.25) is 0 Å². The summed E-state index contributed by atoms with van der Waals surface area (Å²) in [7, 11) is 0. The van der Waals surface area contributed by atoms with Gasteiger partial charge in [0.25, 0.3) is 0 Å². The number of aromatic amines is 1. The topological polar surface area (TPSA) is 48.9 Å². The van der Waals surface area contributed by atoms with Crippen LogP contribution < -0.4 is 0 Å². The Kier molecular flexibility index (Phi) is 2.09. The molecule has 13 heavy (non-hydrogen) atoms. The third-order valence-electron chi connectivity index (χ3n) is 1.95. The van der Waals surface area contributed by atoms with Gasteiger partial charge in [-0.05, 0) is 25.1 Å². The van der Waals surface area contributed by atoms with Crippen molar-refractivity contribution in [1.82, 2.24) is 10.2 Å². The molecule has 68 valence electrons. The first kappa shape index (κ1) is 8.72. The lowest BCUT2D eigenvalue weighted by atomic mass is 10.1. The highest BCUT2D eigenvalue weighted by atomic mass is 79.9. The summed E-state index contributed by atoms with van der Waals surface area (Å²) >= 11 is 3.38. The minimum atomic E-state index is -0.539. The summed E-state index contributed by atoms with van der Waals surface area (Å²) in [5.41, 5.74) is 1.63. The van der Waals surface area contributed by atoms with Crippen LogP contribution in [0.15, 0.2) is 22.7 Å². The summed E-state index contributed by atoms with van der Waals surface area (Å²) in [6.07, 6.45) is -0.539. The lowest BCUT2D eigenvalue weighted by Crippen LogP contribution is -1.91. The van der Waals surface area contributed by atoms with Crippen molar-refractivity contribution in [2.45, 2.75) is 13.0 Å². The van der Waals surface area contributed by atoms with E-state index in [0.717, 1.165) is 15.4 Å². The highest BCUT2D eigenvalue weighted by molar-refractivity contribution is 9.10. The van der Waals surface area contributed by atoms with Gasteiger partial charge >= 0.3 is 0 Å². The van der Waals surface area contributed by atoms with E-state index in [2.05, 4.69) is 26.1 Å². The Bertz CT molecular complexity index is 436. The van der Waals surface area contributed by atoms with Crippen LogP contribution in [0.1, 0.15) is 18.7 Å². The number of rotatable bonds is 1. The zero-order valence-electron chi connectivity index (χ0n) is 7.08. The lowest BCUT2D eigenvalue weighted by Gasteiger charge is -1.99. The predicted octanol–water partition coefficient (Wildman–Crippen LogP) is 2.38. The van der Waals surface area contributed by atoms with Crippen molar-refractivity contribution in [1.29, 1.82) is 0 Å². The number of aliphatic hydroxyl groups is 1. The molecule has 0 radical (unpaired) electrons. The second kappa shape index (κ2) is 3.12. The highest BCUT2D eigenvalue weighted by Crippen LogP contribution is 2.24. The molecule has 3 nitrogen and oxygen atoms in total. The second-order valence-corrected chi connectivity index (χ2v) is 3.89. The van der Waals surface area contributed by atoms with Crippen LogP contribution in [-0.4, -0.2) is 15.3 Å². The van der Waals surface area contributed by atoms with E-state index >= 15 is 0 Å². The number of H-pyrrole nitrogens is 1. The Morgan fingerprint density at radius 2 is 2.31 bits per heavy atom. The molecule has 0 saturated heterocycles. The maximum atomic E-state index is 9.40. The normalized spacial score (nSPS) is 13.5. The third-order valence-corrected chi connectivity index (χ3v) is 2.44. The minimum Gasteiger partial charge on any atom is -0.387 e. The smallest absolute Gasteiger partial charge is 0.0983 e. The molecule has 1 aromatic carbocycles. The van der Waals surface area contributed by atoms with Gasteiger partial charge in [-0.15, -0.1) is 0 Å². The van der Waals surface area contributed by atoms with Gasteiger partial charge in [0.1, 0.15) is 0 Å². The summed E-state index contributed by atoms with van der Waals surface area (Å²) in [6, 6.07) is 5.81. The summed E-state index contributed by atoms with van der Waals surface area (Å²) < 4.78 is 0.989. The number of hydrogen-bond donors (Lipinski definition) is 2. The number of nitrogens with one attached hydrogen (secondary N) is 1. The SMILES string of the molecule is CC(O)c1n[nH]c2ccc(Br)cc12. The van der Waals surface area contributed by atoms with Gasteiger partial charge in [0, 0.05) is 9.86 Å². The van der Waals surface area contributed by atoms with Crippen molar-refractivity contribution in [2.75, 3.05) is 0 Å². The van der Waals surface area contributed by atoms with Gasteiger partial charge in [-0.1, -0.05) is 15.9 Å². The average Bonchev–Trinajstić information content (AvgIpc) is 2.46. The Balaban J connectivity index is 2.71.